The summed E-state index contributed by atoms with van der Waals surface area (Å²) in [5, 5.41) is 0. The van der Waals surface area contributed by atoms with Crippen LogP contribution in [0.5, 0.6) is 5.75 Å². The highest BCUT2D eigenvalue weighted by atomic mass is 32.2. The lowest BCUT2D eigenvalue weighted by atomic mass is 9.96. The third-order valence-corrected chi connectivity index (χ3v) is 7.11. The second kappa shape index (κ2) is 9.23. The van der Waals surface area contributed by atoms with Crippen molar-refractivity contribution in [3.63, 3.8) is 0 Å². The minimum absolute atomic E-state index is 0.537. The van der Waals surface area contributed by atoms with E-state index in [1.807, 2.05) is 11.9 Å². The molecule has 0 spiro atoms. The maximum atomic E-state index is 6.01. The van der Waals surface area contributed by atoms with Gasteiger partial charge in [-0.2, -0.15) is 0 Å². The van der Waals surface area contributed by atoms with E-state index in [-0.39, 0.29) is 0 Å². The molecule has 0 bridgehead atoms. The van der Waals surface area contributed by atoms with Crippen molar-refractivity contribution in [2.45, 2.75) is 56.9 Å². The molecule has 0 saturated carbocycles. The molecule has 0 amide bonds. The first-order valence-electron chi connectivity index (χ1n) is 10.6. The van der Waals surface area contributed by atoms with Crippen LogP contribution in [0.1, 0.15) is 44.2 Å². The third kappa shape index (κ3) is 4.66. The second-order valence-corrected chi connectivity index (χ2v) is 9.01. The number of nitrogens with zero attached hydrogens (tertiary/aromatic N) is 1. The van der Waals surface area contributed by atoms with Crippen molar-refractivity contribution in [3.05, 3.63) is 53.6 Å². The maximum absolute atomic E-state index is 6.01. The van der Waals surface area contributed by atoms with E-state index in [0.29, 0.717) is 12.0 Å². The summed E-state index contributed by atoms with van der Waals surface area (Å²) in [5.41, 5.74) is 4.30. The van der Waals surface area contributed by atoms with Crippen LogP contribution in [0.15, 0.2) is 47.4 Å². The van der Waals surface area contributed by atoms with E-state index in [0.717, 1.165) is 44.8 Å². The van der Waals surface area contributed by atoms with Crippen LogP contribution < -0.4 is 9.04 Å². The van der Waals surface area contributed by atoms with Crippen LogP contribution in [-0.2, 0) is 17.6 Å². The third-order valence-electron chi connectivity index (χ3n) is 5.88. The van der Waals surface area contributed by atoms with Gasteiger partial charge < -0.3 is 13.8 Å². The molecule has 2 aromatic rings. The van der Waals surface area contributed by atoms with Crippen LogP contribution in [0.3, 0.4) is 0 Å². The van der Waals surface area contributed by atoms with Crippen molar-refractivity contribution in [1.82, 2.24) is 0 Å². The molecule has 1 fully saturated rings. The van der Waals surface area contributed by atoms with Gasteiger partial charge in [-0.15, -0.1) is 0 Å². The molecule has 0 aromatic heterocycles. The molecule has 4 heteroatoms. The average molecular weight is 398 g/mol. The normalized spacial score (nSPS) is 20.1. The summed E-state index contributed by atoms with van der Waals surface area (Å²) in [4.78, 5) is 1.26. The highest BCUT2D eigenvalue weighted by Gasteiger charge is 2.24. The molecular weight excluding hydrogens is 366 g/mol. The Hall–Kier alpha value is -1.65. The van der Waals surface area contributed by atoms with E-state index in [4.69, 9.17) is 9.47 Å². The summed E-state index contributed by atoms with van der Waals surface area (Å²) in [6, 6.07) is 16.1. The highest BCUT2D eigenvalue weighted by molar-refractivity contribution is 8.00. The Morgan fingerprint density at radius 1 is 1.07 bits per heavy atom. The van der Waals surface area contributed by atoms with Gasteiger partial charge in [-0.25, -0.2) is 0 Å². The predicted molar refractivity (Wildman–Crippen MR) is 117 cm³/mol. The summed E-state index contributed by atoms with van der Waals surface area (Å²) in [6.07, 6.45) is 5.71. The summed E-state index contributed by atoms with van der Waals surface area (Å²) in [7, 11) is 0. The number of hydrogen-bond acceptors (Lipinski definition) is 4. The summed E-state index contributed by atoms with van der Waals surface area (Å²) < 4.78 is 13.9. The first-order chi connectivity index (χ1) is 13.7. The van der Waals surface area contributed by atoms with Crippen molar-refractivity contribution < 1.29 is 9.47 Å². The fraction of sp³-hybridized carbons (Fsp3) is 0.500. The number of anilines is 1. The minimum Gasteiger partial charge on any atom is -0.493 e. The average Bonchev–Trinajstić information content (AvgIpc) is 2.75. The van der Waals surface area contributed by atoms with Gasteiger partial charge in [-0.3, -0.25) is 0 Å². The molecule has 2 aliphatic heterocycles. The fourth-order valence-electron chi connectivity index (χ4n) is 3.97. The molecule has 0 N–H and O–H groups in total. The Kier molecular flexibility index (Phi) is 6.48. The van der Waals surface area contributed by atoms with E-state index in [9.17, 15) is 0 Å². The Labute approximate surface area is 173 Å². The number of aryl methyl sites for hydroxylation is 2. The molecule has 2 aromatic carbocycles. The van der Waals surface area contributed by atoms with Crippen molar-refractivity contribution in [2.75, 3.05) is 24.1 Å². The zero-order valence-electron chi connectivity index (χ0n) is 17.0. The van der Waals surface area contributed by atoms with Crippen molar-refractivity contribution in [3.8, 4) is 5.75 Å². The molecule has 4 rings (SSSR count). The quantitative estimate of drug-likeness (QED) is 0.566. The number of hydrogen-bond donors (Lipinski definition) is 0. The molecule has 28 heavy (non-hydrogen) atoms. The fourth-order valence-corrected chi connectivity index (χ4v) is 5.02. The van der Waals surface area contributed by atoms with Crippen molar-refractivity contribution in [1.29, 1.82) is 0 Å². The van der Waals surface area contributed by atoms with Gasteiger partial charge in [0.1, 0.15) is 5.75 Å². The first-order valence-corrected chi connectivity index (χ1v) is 11.4. The number of fused-ring (bicyclic) bond motifs is 1. The lowest BCUT2D eigenvalue weighted by molar-refractivity contribution is 0.0497. The maximum Gasteiger partial charge on any atom is 0.119 e. The van der Waals surface area contributed by atoms with Crippen LogP contribution in [0.4, 0.5) is 5.69 Å². The Morgan fingerprint density at radius 3 is 2.61 bits per heavy atom. The van der Waals surface area contributed by atoms with Crippen molar-refractivity contribution >= 4 is 17.6 Å². The summed E-state index contributed by atoms with van der Waals surface area (Å²) in [6.45, 7) is 7.10. The van der Waals surface area contributed by atoms with Gasteiger partial charge in [0.15, 0.2) is 0 Å². The zero-order valence-corrected chi connectivity index (χ0v) is 17.8. The Balaban J connectivity index is 1.40. The number of ether oxygens (including phenoxy) is 2. The van der Waals surface area contributed by atoms with Gasteiger partial charge in [-0.05, 0) is 98.4 Å². The monoisotopic (exact) mass is 397 g/mol. The van der Waals surface area contributed by atoms with Crippen LogP contribution in [0.2, 0.25) is 0 Å². The first kappa shape index (κ1) is 19.7. The Bertz CT molecular complexity index is 771. The summed E-state index contributed by atoms with van der Waals surface area (Å²) >= 11 is 1.84. The standard InChI is InChI=1S/C24H31NO2S/c1-3-19-5-11-24-21(16-19)6-4-18(2)25(24)28-23-9-7-22(8-10-23)27-17-20-12-14-26-15-13-20/h5,7-11,16,18,20H,3-4,6,12-15,17H2,1-2H3. The second-order valence-electron chi connectivity index (χ2n) is 7.96. The van der Waals surface area contributed by atoms with Crippen LogP contribution in [0, 0.1) is 5.92 Å². The number of benzene rings is 2. The molecule has 2 heterocycles. The molecule has 0 radical (unpaired) electrons. The van der Waals surface area contributed by atoms with Crippen LogP contribution in [0.25, 0.3) is 0 Å². The van der Waals surface area contributed by atoms with Crippen LogP contribution in [-0.4, -0.2) is 25.9 Å². The van der Waals surface area contributed by atoms with Gasteiger partial charge in [0.2, 0.25) is 0 Å². The molecule has 0 aliphatic carbocycles. The predicted octanol–water partition coefficient (Wildman–Crippen LogP) is 5.90. The van der Waals surface area contributed by atoms with Gasteiger partial charge in [0.25, 0.3) is 0 Å². The van der Waals surface area contributed by atoms with E-state index < -0.39 is 0 Å². The molecule has 3 nitrogen and oxygen atoms in total. The van der Waals surface area contributed by atoms with Crippen LogP contribution >= 0.6 is 11.9 Å². The largest absolute Gasteiger partial charge is 0.493 e. The molecule has 1 unspecified atom stereocenters. The zero-order chi connectivity index (χ0) is 19.3. The molecule has 1 saturated heterocycles. The lowest BCUT2D eigenvalue weighted by Crippen LogP contribution is -2.31. The van der Waals surface area contributed by atoms with E-state index in [1.165, 1.54) is 34.6 Å². The number of rotatable bonds is 6. The van der Waals surface area contributed by atoms with E-state index >= 15 is 0 Å². The topological polar surface area (TPSA) is 21.7 Å². The smallest absolute Gasteiger partial charge is 0.119 e. The molecule has 150 valence electrons. The van der Waals surface area contributed by atoms with E-state index in [2.05, 4.69) is 60.6 Å². The summed E-state index contributed by atoms with van der Waals surface area (Å²) in [5.74, 6) is 1.59. The van der Waals surface area contributed by atoms with Gasteiger partial charge in [0, 0.05) is 24.2 Å². The van der Waals surface area contributed by atoms with Crippen molar-refractivity contribution in [2.24, 2.45) is 5.92 Å². The Morgan fingerprint density at radius 2 is 1.86 bits per heavy atom. The minimum atomic E-state index is 0.537. The lowest BCUT2D eigenvalue weighted by Gasteiger charge is -2.36. The SMILES string of the molecule is CCc1ccc2c(c1)CCC(C)N2Sc1ccc(OCC2CCOCC2)cc1. The van der Waals surface area contributed by atoms with Gasteiger partial charge in [0.05, 0.1) is 12.3 Å². The van der Waals surface area contributed by atoms with Gasteiger partial charge in [-0.1, -0.05) is 19.1 Å². The molecule has 1 atom stereocenters. The highest BCUT2D eigenvalue weighted by Crippen LogP contribution is 2.39. The van der Waals surface area contributed by atoms with E-state index in [1.54, 1.807) is 0 Å². The molecule has 2 aliphatic rings. The molecular formula is C24H31NO2S. The van der Waals surface area contributed by atoms with Gasteiger partial charge >= 0.3 is 0 Å².